The van der Waals surface area contributed by atoms with Crippen LogP contribution in [0.25, 0.3) is 0 Å². The first-order chi connectivity index (χ1) is 4.81. The van der Waals surface area contributed by atoms with Gasteiger partial charge in [-0.05, 0) is 24.7 Å². The van der Waals surface area contributed by atoms with Crippen molar-refractivity contribution in [3.63, 3.8) is 0 Å². The summed E-state index contributed by atoms with van der Waals surface area (Å²) in [5.41, 5.74) is 0. The summed E-state index contributed by atoms with van der Waals surface area (Å²) in [6.07, 6.45) is 5.10. The van der Waals surface area contributed by atoms with Gasteiger partial charge in [-0.15, -0.1) is 6.58 Å². The second-order valence-electron chi connectivity index (χ2n) is 3.50. The summed E-state index contributed by atoms with van der Waals surface area (Å²) in [5.74, 6) is 2.23. The van der Waals surface area contributed by atoms with Gasteiger partial charge < -0.3 is 0 Å². The first kappa shape index (κ1) is 6.14. The maximum atomic E-state index is 11.1. The van der Waals surface area contributed by atoms with Gasteiger partial charge in [0.2, 0.25) is 0 Å². The number of rotatable bonds is 1. The van der Waals surface area contributed by atoms with Crippen LogP contribution < -0.4 is 0 Å². The topological polar surface area (TPSA) is 17.1 Å². The van der Waals surface area contributed by atoms with Crippen molar-refractivity contribution < 1.29 is 4.79 Å². The van der Waals surface area contributed by atoms with Crippen molar-refractivity contribution in [1.82, 2.24) is 0 Å². The number of allylic oxidation sites excluding steroid dienone is 1. The molecule has 2 rings (SSSR count). The zero-order chi connectivity index (χ0) is 7.14. The monoisotopic (exact) mass is 136 g/mol. The molecule has 0 aliphatic heterocycles. The average Bonchev–Trinajstić information content (AvgIpc) is 2.44. The Hall–Kier alpha value is -0.590. The van der Waals surface area contributed by atoms with E-state index in [-0.39, 0.29) is 0 Å². The largest absolute Gasteiger partial charge is 0.299 e. The molecule has 0 radical (unpaired) electrons. The van der Waals surface area contributed by atoms with Gasteiger partial charge in [0.25, 0.3) is 0 Å². The van der Waals surface area contributed by atoms with Crippen LogP contribution in [0, 0.1) is 17.8 Å². The number of hydrogen-bond donors (Lipinski definition) is 0. The standard InChI is InChI=1S/C9H12O/c1-2-6-3-8-4-7(6)5-9(8)10/h2,6-8H,1,3-5H2/t6-,7+,8-/m1/s1. The molecule has 54 valence electrons. The van der Waals surface area contributed by atoms with Gasteiger partial charge in [0, 0.05) is 12.3 Å². The van der Waals surface area contributed by atoms with Crippen LogP contribution in [0.15, 0.2) is 12.7 Å². The maximum absolute atomic E-state index is 11.1. The molecule has 10 heavy (non-hydrogen) atoms. The lowest BCUT2D eigenvalue weighted by Crippen LogP contribution is -2.15. The zero-order valence-corrected chi connectivity index (χ0v) is 6.05. The molecule has 3 atom stereocenters. The van der Waals surface area contributed by atoms with Gasteiger partial charge in [-0.3, -0.25) is 4.79 Å². The van der Waals surface area contributed by atoms with E-state index in [1.54, 1.807) is 0 Å². The average molecular weight is 136 g/mol. The van der Waals surface area contributed by atoms with E-state index < -0.39 is 0 Å². The minimum atomic E-state index is 0.410. The van der Waals surface area contributed by atoms with E-state index in [4.69, 9.17) is 0 Å². The molecule has 2 bridgehead atoms. The van der Waals surface area contributed by atoms with Crippen LogP contribution in [0.4, 0.5) is 0 Å². The Balaban J connectivity index is 2.15. The Labute approximate surface area is 61.1 Å². The van der Waals surface area contributed by atoms with Crippen LogP contribution in [0.1, 0.15) is 19.3 Å². The second-order valence-corrected chi connectivity index (χ2v) is 3.50. The SMILES string of the molecule is C=C[C@@H]1C[C@@H]2C[C@H]1CC2=O. The molecule has 0 unspecified atom stereocenters. The van der Waals surface area contributed by atoms with Crippen LogP contribution in [0.2, 0.25) is 0 Å². The fourth-order valence-corrected chi connectivity index (χ4v) is 2.37. The number of fused-ring (bicyclic) bond motifs is 2. The molecule has 1 nitrogen and oxygen atoms in total. The van der Waals surface area contributed by atoms with E-state index in [1.807, 2.05) is 6.08 Å². The molecular weight excluding hydrogens is 124 g/mol. The highest BCUT2D eigenvalue weighted by Gasteiger charge is 2.43. The third-order valence-corrected chi connectivity index (χ3v) is 2.97. The van der Waals surface area contributed by atoms with E-state index in [0.29, 0.717) is 23.5 Å². The van der Waals surface area contributed by atoms with Crippen LogP contribution in [0.5, 0.6) is 0 Å². The van der Waals surface area contributed by atoms with E-state index in [1.165, 1.54) is 0 Å². The summed E-state index contributed by atoms with van der Waals surface area (Å²) in [5, 5.41) is 0. The van der Waals surface area contributed by atoms with Gasteiger partial charge in [0.05, 0.1) is 0 Å². The first-order valence-electron chi connectivity index (χ1n) is 3.96. The summed E-state index contributed by atoms with van der Waals surface area (Å²) in [6, 6.07) is 0. The molecule has 2 aliphatic rings. The Morgan fingerprint density at radius 2 is 2.30 bits per heavy atom. The van der Waals surface area contributed by atoms with Crippen molar-refractivity contribution in [2.45, 2.75) is 19.3 Å². The van der Waals surface area contributed by atoms with Crippen LogP contribution in [-0.4, -0.2) is 5.78 Å². The molecule has 0 spiro atoms. The molecule has 0 amide bonds. The Bertz CT molecular complexity index is 183. The summed E-state index contributed by atoms with van der Waals surface area (Å²) in [7, 11) is 0. The number of Topliss-reactive ketones (excluding diaryl/α,β-unsaturated/α-hetero) is 1. The van der Waals surface area contributed by atoms with Crippen molar-refractivity contribution in [3.05, 3.63) is 12.7 Å². The van der Waals surface area contributed by atoms with Crippen molar-refractivity contribution in [2.24, 2.45) is 17.8 Å². The van der Waals surface area contributed by atoms with E-state index in [2.05, 4.69) is 6.58 Å². The van der Waals surface area contributed by atoms with Gasteiger partial charge in [-0.2, -0.15) is 0 Å². The smallest absolute Gasteiger partial charge is 0.136 e. The van der Waals surface area contributed by atoms with Crippen molar-refractivity contribution in [1.29, 1.82) is 0 Å². The molecule has 0 aromatic carbocycles. The Kier molecular flexibility index (Phi) is 1.19. The van der Waals surface area contributed by atoms with Crippen molar-refractivity contribution >= 4 is 5.78 Å². The van der Waals surface area contributed by atoms with E-state index in [9.17, 15) is 4.79 Å². The highest BCUT2D eigenvalue weighted by molar-refractivity contribution is 5.84. The summed E-state index contributed by atoms with van der Waals surface area (Å²) < 4.78 is 0. The molecule has 0 N–H and O–H groups in total. The third-order valence-electron chi connectivity index (χ3n) is 2.97. The van der Waals surface area contributed by atoms with Crippen LogP contribution in [-0.2, 0) is 4.79 Å². The lowest BCUT2D eigenvalue weighted by molar-refractivity contribution is -0.122. The van der Waals surface area contributed by atoms with Crippen molar-refractivity contribution in [2.75, 3.05) is 0 Å². The predicted octanol–water partition coefficient (Wildman–Crippen LogP) is 1.79. The summed E-state index contributed by atoms with van der Waals surface area (Å²) >= 11 is 0. The normalized spacial score (nSPS) is 44.4. The fourth-order valence-electron chi connectivity index (χ4n) is 2.37. The predicted molar refractivity (Wildman–Crippen MR) is 39.5 cm³/mol. The van der Waals surface area contributed by atoms with Gasteiger partial charge in [-0.1, -0.05) is 6.08 Å². The van der Waals surface area contributed by atoms with Crippen LogP contribution >= 0.6 is 0 Å². The number of carbonyl (C=O) groups is 1. The van der Waals surface area contributed by atoms with Gasteiger partial charge in [-0.25, -0.2) is 0 Å². The lowest BCUT2D eigenvalue weighted by atomic mass is 9.88. The van der Waals surface area contributed by atoms with Gasteiger partial charge in [0.15, 0.2) is 0 Å². The minimum absolute atomic E-state index is 0.410. The molecule has 1 heteroatoms. The zero-order valence-electron chi connectivity index (χ0n) is 6.05. The molecule has 2 aliphatic carbocycles. The summed E-state index contributed by atoms with van der Waals surface area (Å²) in [6.45, 7) is 3.78. The lowest BCUT2D eigenvalue weighted by Gasteiger charge is -2.15. The molecule has 0 saturated heterocycles. The third kappa shape index (κ3) is 0.664. The molecule has 2 saturated carbocycles. The highest BCUT2D eigenvalue weighted by Crippen LogP contribution is 2.46. The molecule has 0 heterocycles. The molecule has 0 aromatic heterocycles. The molecule has 2 fully saturated rings. The van der Waals surface area contributed by atoms with Crippen LogP contribution in [0.3, 0.4) is 0 Å². The maximum Gasteiger partial charge on any atom is 0.136 e. The van der Waals surface area contributed by atoms with Gasteiger partial charge in [0.1, 0.15) is 5.78 Å². The molecular formula is C9H12O. The van der Waals surface area contributed by atoms with E-state index in [0.717, 1.165) is 19.3 Å². The van der Waals surface area contributed by atoms with Gasteiger partial charge >= 0.3 is 0 Å². The molecule has 0 aromatic rings. The quantitative estimate of drug-likeness (QED) is 0.502. The first-order valence-corrected chi connectivity index (χ1v) is 3.96. The van der Waals surface area contributed by atoms with E-state index >= 15 is 0 Å². The number of ketones is 1. The number of hydrogen-bond acceptors (Lipinski definition) is 1. The number of carbonyl (C=O) groups excluding carboxylic acids is 1. The second kappa shape index (κ2) is 1.94. The summed E-state index contributed by atoms with van der Waals surface area (Å²) in [4.78, 5) is 11.1. The minimum Gasteiger partial charge on any atom is -0.299 e. The Morgan fingerprint density at radius 3 is 2.70 bits per heavy atom. The fraction of sp³-hybridized carbons (Fsp3) is 0.667. The van der Waals surface area contributed by atoms with Crippen molar-refractivity contribution in [3.8, 4) is 0 Å². The highest BCUT2D eigenvalue weighted by atomic mass is 16.1. The Morgan fingerprint density at radius 1 is 1.50 bits per heavy atom.